The second-order valence-corrected chi connectivity index (χ2v) is 8.51. The van der Waals surface area contributed by atoms with Gasteiger partial charge in [0.25, 0.3) is 5.91 Å². The number of phenols is 1. The number of rotatable bonds is 3. The molecule has 0 aromatic heterocycles. The van der Waals surface area contributed by atoms with Gasteiger partial charge in [-0.15, -0.1) is 0 Å². The number of fused-ring (bicyclic) bond motifs is 4. The van der Waals surface area contributed by atoms with Gasteiger partial charge in [0.1, 0.15) is 5.75 Å². The lowest BCUT2D eigenvalue weighted by Crippen LogP contribution is -2.67. The van der Waals surface area contributed by atoms with E-state index in [1.54, 1.807) is 30.1 Å². The Morgan fingerprint density at radius 1 is 1.17 bits per heavy atom. The summed E-state index contributed by atoms with van der Waals surface area (Å²) >= 11 is 0. The summed E-state index contributed by atoms with van der Waals surface area (Å²) in [6.45, 7) is 3.09. The highest BCUT2D eigenvalue weighted by atomic mass is 16.4. The molecule has 0 saturated carbocycles. The van der Waals surface area contributed by atoms with E-state index in [0.29, 0.717) is 5.56 Å². The van der Waals surface area contributed by atoms with Crippen LogP contribution < -0.4 is 0 Å². The summed E-state index contributed by atoms with van der Waals surface area (Å²) in [6.07, 6.45) is 1.67. The smallest absolute Gasteiger partial charge is 0.335 e. The quantitative estimate of drug-likeness (QED) is 0.837. The Hall–Kier alpha value is -2.86. The molecule has 0 unspecified atom stereocenters. The number of carbonyl (C=O) groups is 2. The summed E-state index contributed by atoms with van der Waals surface area (Å²) in [5.41, 5.74) is 2.50. The van der Waals surface area contributed by atoms with Crippen LogP contribution in [0, 0.1) is 0 Å². The number of likely N-dealkylation sites (tertiary alicyclic amines) is 1. The van der Waals surface area contributed by atoms with Gasteiger partial charge in [-0.25, -0.2) is 4.79 Å². The normalized spacial score (nSPS) is 25.9. The number of aromatic carboxylic acids is 1. The summed E-state index contributed by atoms with van der Waals surface area (Å²) in [4.78, 5) is 28.7. The molecule has 1 amide bonds. The molecule has 6 nitrogen and oxygen atoms in total. The summed E-state index contributed by atoms with van der Waals surface area (Å²) in [6, 6.07) is 11.8. The van der Waals surface area contributed by atoms with E-state index in [1.807, 2.05) is 12.1 Å². The van der Waals surface area contributed by atoms with Gasteiger partial charge in [0.2, 0.25) is 0 Å². The van der Waals surface area contributed by atoms with Gasteiger partial charge in [0.05, 0.1) is 11.6 Å². The van der Waals surface area contributed by atoms with Gasteiger partial charge in [-0.2, -0.15) is 0 Å². The van der Waals surface area contributed by atoms with E-state index < -0.39 is 5.97 Å². The van der Waals surface area contributed by atoms with Crippen molar-refractivity contribution in [1.82, 2.24) is 9.80 Å². The molecule has 152 valence electrons. The largest absolute Gasteiger partial charge is 0.508 e. The van der Waals surface area contributed by atoms with Crippen molar-refractivity contribution in [3.8, 4) is 5.75 Å². The fraction of sp³-hybridized carbons (Fsp3) is 0.391. The topological polar surface area (TPSA) is 81.1 Å². The van der Waals surface area contributed by atoms with Crippen molar-refractivity contribution in [3.63, 3.8) is 0 Å². The Morgan fingerprint density at radius 3 is 2.62 bits per heavy atom. The average Bonchev–Trinajstić information content (AvgIpc) is 2.70. The number of aromatic hydroxyl groups is 1. The number of benzene rings is 2. The predicted molar refractivity (Wildman–Crippen MR) is 109 cm³/mol. The maximum absolute atomic E-state index is 13.3. The van der Waals surface area contributed by atoms with Gasteiger partial charge in [-0.05, 0) is 67.9 Å². The third kappa shape index (κ3) is 3.08. The van der Waals surface area contributed by atoms with Crippen LogP contribution in [-0.4, -0.2) is 64.6 Å². The Balaban J connectivity index is 1.76. The van der Waals surface area contributed by atoms with E-state index in [9.17, 15) is 19.8 Å². The van der Waals surface area contributed by atoms with Crippen molar-refractivity contribution in [2.75, 3.05) is 20.6 Å². The Bertz CT molecular complexity index is 989. The van der Waals surface area contributed by atoms with Crippen LogP contribution in [0.15, 0.2) is 42.5 Å². The van der Waals surface area contributed by atoms with Crippen LogP contribution >= 0.6 is 0 Å². The van der Waals surface area contributed by atoms with Gasteiger partial charge < -0.3 is 20.0 Å². The molecule has 1 saturated heterocycles. The SMILES string of the molecule is CN1CC[C@]2(C)c3cc(O)ccc3C[C@@H]1[C@H]2N(C)C(=O)c1cccc(C(=O)O)c1. The van der Waals surface area contributed by atoms with Crippen molar-refractivity contribution >= 4 is 11.9 Å². The highest BCUT2D eigenvalue weighted by Crippen LogP contribution is 2.47. The van der Waals surface area contributed by atoms with Gasteiger partial charge in [0.15, 0.2) is 0 Å². The molecule has 2 N–H and O–H groups in total. The maximum atomic E-state index is 13.3. The van der Waals surface area contributed by atoms with Crippen molar-refractivity contribution in [2.45, 2.75) is 37.3 Å². The van der Waals surface area contributed by atoms with E-state index in [2.05, 4.69) is 18.9 Å². The van der Waals surface area contributed by atoms with E-state index in [1.165, 1.54) is 17.7 Å². The number of nitrogens with zero attached hydrogens (tertiary/aromatic N) is 2. The summed E-state index contributed by atoms with van der Waals surface area (Å²) in [5, 5.41) is 19.4. The molecule has 29 heavy (non-hydrogen) atoms. The third-order valence-corrected chi connectivity index (χ3v) is 6.80. The number of amides is 1. The second-order valence-electron chi connectivity index (χ2n) is 8.51. The van der Waals surface area contributed by atoms with Crippen molar-refractivity contribution in [3.05, 3.63) is 64.7 Å². The molecule has 2 aromatic rings. The lowest BCUT2D eigenvalue weighted by molar-refractivity contribution is 0.00529. The van der Waals surface area contributed by atoms with E-state index in [0.717, 1.165) is 24.9 Å². The number of piperidine rings is 1. The zero-order valence-corrected chi connectivity index (χ0v) is 16.9. The maximum Gasteiger partial charge on any atom is 0.335 e. The van der Waals surface area contributed by atoms with Gasteiger partial charge in [-0.1, -0.05) is 19.1 Å². The fourth-order valence-corrected chi connectivity index (χ4v) is 5.25. The molecule has 2 bridgehead atoms. The van der Waals surface area contributed by atoms with Gasteiger partial charge in [0, 0.05) is 24.1 Å². The summed E-state index contributed by atoms with van der Waals surface area (Å²) in [7, 11) is 3.89. The molecule has 1 aliphatic heterocycles. The predicted octanol–water partition coefficient (Wildman–Crippen LogP) is 2.75. The lowest BCUT2D eigenvalue weighted by Gasteiger charge is -2.57. The molecular weight excluding hydrogens is 368 g/mol. The number of hydrogen-bond acceptors (Lipinski definition) is 4. The standard InChI is InChI=1S/C23H26N2O4/c1-23-9-10-24(2)19(12-14-7-8-17(26)13-18(14)23)20(23)25(3)21(27)15-5-4-6-16(11-15)22(28)29/h4-8,11,13,19-20,26H,9-10,12H2,1-3H3,(H,28,29)/t19-,20-,23-/m1/s1. The fourth-order valence-electron chi connectivity index (χ4n) is 5.25. The molecule has 1 heterocycles. The van der Waals surface area contributed by atoms with Crippen LogP contribution in [-0.2, 0) is 11.8 Å². The number of carboxylic acids is 1. The minimum atomic E-state index is -1.05. The summed E-state index contributed by atoms with van der Waals surface area (Å²) < 4.78 is 0. The van der Waals surface area contributed by atoms with E-state index in [4.69, 9.17) is 0 Å². The monoisotopic (exact) mass is 394 g/mol. The van der Waals surface area contributed by atoms with E-state index in [-0.39, 0.29) is 34.7 Å². The molecule has 4 rings (SSSR count). The van der Waals surface area contributed by atoms with E-state index >= 15 is 0 Å². The molecular formula is C23H26N2O4. The van der Waals surface area contributed by atoms with Crippen molar-refractivity contribution < 1.29 is 19.8 Å². The van der Waals surface area contributed by atoms with Crippen molar-refractivity contribution in [1.29, 1.82) is 0 Å². The highest BCUT2D eigenvalue weighted by molar-refractivity contribution is 5.97. The second kappa shape index (κ2) is 6.88. The highest BCUT2D eigenvalue weighted by Gasteiger charge is 2.52. The molecule has 2 aliphatic rings. The first kappa shape index (κ1) is 19.5. The molecule has 3 atom stereocenters. The number of phenolic OH excluding ortho intramolecular Hbond substituents is 1. The molecule has 0 radical (unpaired) electrons. The molecule has 1 aliphatic carbocycles. The first-order valence-electron chi connectivity index (χ1n) is 9.85. The number of carboxylic acid groups (broad SMARTS) is 1. The lowest BCUT2D eigenvalue weighted by atomic mass is 9.61. The number of hydrogen-bond donors (Lipinski definition) is 2. The molecule has 6 heteroatoms. The number of likely N-dealkylation sites (N-methyl/N-ethyl adjacent to an activating group) is 2. The van der Waals surface area contributed by atoms with Crippen molar-refractivity contribution in [2.24, 2.45) is 0 Å². The molecule has 2 aromatic carbocycles. The van der Waals surface area contributed by atoms with Crippen LogP contribution in [0.5, 0.6) is 5.75 Å². The Kier molecular flexibility index (Phi) is 4.62. The van der Waals surface area contributed by atoms with Crippen LogP contribution in [0.1, 0.15) is 45.2 Å². The summed E-state index contributed by atoms with van der Waals surface area (Å²) in [5.74, 6) is -0.995. The zero-order chi connectivity index (χ0) is 20.9. The minimum Gasteiger partial charge on any atom is -0.508 e. The van der Waals surface area contributed by atoms with Crippen LogP contribution in [0.3, 0.4) is 0 Å². The Morgan fingerprint density at radius 2 is 1.90 bits per heavy atom. The van der Waals surface area contributed by atoms with Crippen LogP contribution in [0.4, 0.5) is 0 Å². The molecule has 0 spiro atoms. The van der Waals surface area contributed by atoms with Gasteiger partial charge >= 0.3 is 5.97 Å². The number of carbonyl (C=O) groups excluding carboxylic acids is 1. The zero-order valence-electron chi connectivity index (χ0n) is 16.9. The van der Waals surface area contributed by atoms with Crippen LogP contribution in [0.25, 0.3) is 0 Å². The molecule has 1 fully saturated rings. The first-order chi connectivity index (χ1) is 13.7. The van der Waals surface area contributed by atoms with Gasteiger partial charge in [-0.3, -0.25) is 4.79 Å². The third-order valence-electron chi connectivity index (χ3n) is 6.80. The minimum absolute atomic E-state index is 0.0865. The average molecular weight is 394 g/mol. The first-order valence-corrected chi connectivity index (χ1v) is 9.85. The van der Waals surface area contributed by atoms with Crippen LogP contribution in [0.2, 0.25) is 0 Å². The Labute approximate surface area is 170 Å².